The van der Waals surface area contributed by atoms with Crippen molar-refractivity contribution in [2.75, 3.05) is 11.9 Å². The molecule has 36 heavy (non-hydrogen) atoms. The van der Waals surface area contributed by atoms with Gasteiger partial charge in [-0.1, -0.05) is 36.8 Å². The molecule has 1 atom stereocenters. The number of imide groups is 1. The minimum atomic E-state index is -1.04. The second kappa shape index (κ2) is 9.93. The van der Waals surface area contributed by atoms with Gasteiger partial charge in [-0.05, 0) is 62.4 Å². The van der Waals surface area contributed by atoms with Crippen molar-refractivity contribution in [3.63, 3.8) is 0 Å². The third kappa shape index (κ3) is 4.86. The normalized spacial score (nSPS) is 19.5. The molecule has 2 aromatic carbocycles. The van der Waals surface area contributed by atoms with E-state index in [0.29, 0.717) is 18.5 Å². The summed E-state index contributed by atoms with van der Waals surface area (Å²) in [5.41, 5.74) is 1.56. The lowest BCUT2D eigenvalue weighted by atomic mass is 9.93. The van der Waals surface area contributed by atoms with Crippen LogP contribution >= 0.6 is 0 Å². The van der Waals surface area contributed by atoms with Crippen LogP contribution in [-0.4, -0.2) is 49.6 Å². The number of aromatic nitrogens is 3. The first-order chi connectivity index (χ1) is 17.4. The largest absolute Gasteiger partial charge is 0.325 e. The molecule has 2 N–H and O–H groups in total. The molecule has 1 aromatic heterocycles. The fourth-order valence-electron chi connectivity index (χ4n) is 4.84. The highest BCUT2D eigenvalue weighted by atomic mass is 16.2. The van der Waals surface area contributed by atoms with E-state index in [1.165, 1.54) is 6.42 Å². The fraction of sp³-hybridized carbons (Fsp3) is 0.370. The third-order valence-electron chi connectivity index (χ3n) is 6.94. The first-order valence-electron chi connectivity index (χ1n) is 12.4. The summed E-state index contributed by atoms with van der Waals surface area (Å²) in [5, 5.41) is 14.3. The predicted molar refractivity (Wildman–Crippen MR) is 135 cm³/mol. The maximum atomic E-state index is 13.0. The molecule has 9 heteroatoms. The van der Waals surface area contributed by atoms with Crippen LogP contribution in [0.25, 0.3) is 11.4 Å². The monoisotopic (exact) mass is 486 g/mol. The Kier molecular flexibility index (Phi) is 6.54. The SMILES string of the molecule is C[C@@]1(CCc2ccccc2)NC(=O)N(CC(=O)Nc2ccc(-c3nnc4n3CCCCC4)cc2)C1=O. The lowest BCUT2D eigenvalue weighted by molar-refractivity contribution is -0.133. The molecule has 9 nitrogen and oxygen atoms in total. The summed E-state index contributed by atoms with van der Waals surface area (Å²) in [6, 6.07) is 16.6. The summed E-state index contributed by atoms with van der Waals surface area (Å²) in [7, 11) is 0. The number of fused-ring (bicyclic) bond motifs is 1. The number of benzene rings is 2. The molecule has 1 fully saturated rings. The van der Waals surface area contributed by atoms with Crippen molar-refractivity contribution in [2.45, 2.75) is 57.5 Å². The lowest BCUT2D eigenvalue weighted by Gasteiger charge is -2.21. The summed E-state index contributed by atoms with van der Waals surface area (Å²) >= 11 is 0. The van der Waals surface area contributed by atoms with Crippen molar-refractivity contribution in [2.24, 2.45) is 0 Å². The van der Waals surface area contributed by atoms with Crippen molar-refractivity contribution in [3.05, 3.63) is 66.0 Å². The van der Waals surface area contributed by atoms with E-state index in [0.717, 1.165) is 53.5 Å². The molecule has 0 saturated carbocycles. The van der Waals surface area contributed by atoms with Crippen LogP contribution in [0.1, 0.15) is 44.0 Å². The number of carbonyl (C=O) groups is 3. The zero-order valence-corrected chi connectivity index (χ0v) is 20.4. The predicted octanol–water partition coefficient (Wildman–Crippen LogP) is 3.55. The van der Waals surface area contributed by atoms with Crippen LogP contribution in [0.3, 0.4) is 0 Å². The van der Waals surface area contributed by atoms with E-state index in [4.69, 9.17) is 0 Å². The maximum Gasteiger partial charge on any atom is 0.325 e. The number of aryl methyl sites for hydroxylation is 2. The molecule has 5 rings (SSSR count). The Morgan fingerprint density at radius 3 is 2.58 bits per heavy atom. The molecule has 3 aromatic rings. The second-order valence-corrected chi connectivity index (χ2v) is 9.67. The zero-order chi connectivity index (χ0) is 25.1. The van der Waals surface area contributed by atoms with Crippen molar-refractivity contribution in [1.82, 2.24) is 25.0 Å². The Morgan fingerprint density at radius 1 is 1.03 bits per heavy atom. The molecular formula is C27H30N6O3. The van der Waals surface area contributed by atoms with Gasteiger partial charge in [0.25, 0.3) is 5.91 Å². The van der Waals surface area contributed by atoms with Gasteiger partial charge in [0.2, 0.25) is 5.91 Å². The van der Waals surface area contributed by atoms with Crippen LogP contribution in [0.2, 0.25) is 0 Å². The van der Waals surface area contributed by atoms with E-state index < -0.39 is 17.5 Å². The Bertz CT molecular complexity index is 1270. The molecule has 2 aliphatic heterocycles. The fourth-order valence-corrected chi connectivity index (χ4v) is 4.84. The van der Waals surface area contributed by atoms with Gasteiger partial charge < -0.3 is 15.2 Å². The van der Waals surface area contributed by atoms with Crippen molar-refractivity contribution in [1.29, 1.82) is 0 Å². The molecule has 0 aliphatic carbocycles. The van der Waals surface area contributed by atoms with Gasteiger partial charge in [-0.25, -0.2) is 4.79 Å². The van der Waals surface area contributed by atoms with Gasteiger partial charge in [0, 0.05) is 24.2 Å². The smallest absolute Gasteiger partial charge is 0.325 e. The molecule has 0 unspecified atom stereocenters. The number of rotatable bonds is 7. The van der Waals surface area contributed by atoms with Crippen LogP contribution in [0.4, 0.5) is 10.5 Å². The number of urea groups is 1. The summed E-state index contributed by atoms with van der Waals surface area (Å²) in [6.45, 7) is 2.27. The zero-order valence-electron chi connectivity index (χ0n) is 20.4. The first kappa shape index (κ1) is 23.7. The van der Waals surface area contributed by atoms with E-state index in [9.17, 15) is 14.4 Å². The highest BCUT2D eigenvalue weighted by Crippen LogP contribution is 2.25. The Balaban J connectivity index is 1.19. The van der Waals surface area contributed by atoms with Crippen LogP contribution < -0.4 is 10.6 Å². The number of anilines is 1. The Hall–Kier alpha value is -4.01. The van der Waals surface area contributed by atoms with Gasteiger partial charge in [0.1, 0.15) is 17.9 Å². The molecule has 1 saturated heterocycles. The maximum absolute atomic E-state index is 13.0. The standard InChI is InChI=1S/C27H30N6O3/c1-27(16-15-19-8-4-2-5-9-19)25(35)33(26(36)29-27)18-23(34)28-21-13-11-20(12-14-21)24-31-30-22-10-6-3-7-17-32(22)24/h2,4-5,8-9,11-14H,3,6-7,10,15-18H2,1H3,(H,28,34)(H,29,36)/t27-/m0/s1. The molecule has 0 radical (unpaired) electrons. The summed E-state index contributed by atoms with van der Waals surface area (Å²) < 4.78 is 2.17. The van der Waals surface area contributed by atoms with Crippen LogP contribution in [-0.2, 0) is 29.0 Å². The number of hydrogen-bond donors (Lipinski definition) is 2. The first-order valence-corrected chi connectivity index (χ1v) is 12.4. The van der Waals surface area contributed by atoms with E-state index in [-0.39, 0.29) is 12.5 Å². The van der Waals surface area contributed by atoms with E-state index in [1.54, 1.807) is 19.1 Å². The van der Waals surface area contributed by atoms with Crippen LogP contribution in [0.5, 0.6) is 0 Å². The van der Waals surface area contributed by atoms with Crippen LogP contribution in [0.15, 0.2) is 54.6 Å². The third-order valence-corrected chi connectivity index (χ3v) is 6.94. The highest BCUT2D eigenvalue weighted by molar-refractivity contribution is 6.09. The molecule has 4 amide bonds. The molecule has 3 heterocycles. The Morgan fingerprint density at radius 2 is 1.81 bits per heavy atom. The number of nitrogens with zero attached hydrogens (tertiary/aromatic N) is 4. The molecule has 0 bridgehead atoms. The number of hydrogen-bond acceptors (Lipinski definition) is 5. The molecule has 186 valence electrons. The van der Waals surface area contributed by atoms with E-state index in [1.807, 2.05) is 42.5 Å². The quantitative estimate of drug-likeness (QED) is 0.497. The molecular weight excluding hydrogens is 456 g/mol. The number of carbonyl (C=O) groups excluding carboxylic acids is 3. The summed E-state index contributed by atoms with van der Waals surface area (Å²) in [4.78, 5) is 39.2. The van der Waals surface area contributed by atoms with Gasteiger partial charge in [-0.15, -0.1) is 10.2 Å². The Labute approximate surface area is 209 Å². The molecule has 0 spiro atoms. The van der Waals surface area contributed by atoms with E-state index in [2.05, 4.69) is 25.4 Å². The second-order valence-electron chi connectivity index (χ2n) is 9.67. The van der Waals surface area contributed by atoms with Crippen molar-refractivity contribution in [3.8, 4) is 11.4 Å². The summed E-state index contributed by atoms with van der Waals surface area (Å²) in [6.07, 6.45) is 5.47. The summed E-state index contributed by atoms with van der Waals surface area (Å²) in [5.74, 6) is 1.03. The topological polar surface area (TPSA) is 109 Å². The minimum absolute atomic E-state index is 0.342. The number of nitrogens with one attached hydrogen (secondary N) is 2. The van der Waals surface area contributed by atoms with Gasteiger partial charge >= 0.3 is 6.03 Å². The average Bonchev–Trinajstić information content (AvgIpc) is 3.26. The lowest BCUT2D eigenvalue weighted by Crippen LogP contribution is -2.45. The number of amides is 4. The van der Waals surface area contributed by atoms with Crippen molar-refractivity contribution < 1.29 is 14.4 Å². The van der Waals surface area contributed by atoms with Gasteiger partial charge in [0.15, 0.2) is 5.82 Å². The van der Waals surface area contributed by atoms with Gasteiger partial charge in [-0.2, -0.15) is 0 Å². The van der Waals surface area contributed by atoms with Crippen molar-refractivity contribution >= 4 is 23.5 Å². The van der Waals surface area contributed by atoms with Crippen LogP contribution in [0, 0.1) is 0 Å². The van der Waals surface area contributed by atoms with E-state index >= 15 is 0 Å². The average molecular weight is 487 g/mol. The van der Waals surface area contributed by atoms with Gasteiger partial charge in [-0.3, -0.25) is 14.5 Å². The minimum Gasteiger partial charge on any atom is -0.325 e. The highest BCUT2D eigenvalue weighted by Gasteiger charge is 2.47. The molecule has 2 aliphatic rings. The van der Waals surface area contributed by atoms with Gasteiger partial charge in [0.05, 0.1) is 0 Å².